The smallest absolute Gasteiger partial charge is 0.748 e. The molecule has 1 aromatic rings. The van der Waals surface area contributed by atoms with E-state index in [2.05, 4.69) is 0 Å². The Bertz CT molecular complexity index is 501. The van der Waals surface area contributed by atoms with Crippen LogP contribution in [0.4, 0.5) is 0 Å². The number of ether oxygens (including phenoxy) is 1. The molecule has 0 amide bonds. The zero-order valence-electron chi connectivity index (χ0n) is 11.6. The van der Waals surface area contributed by atoms with Crippen LogP contribution < -0.4 is 34.3 Å². The molecule has 0 bridgehead atoms. The van der Waals surface area contributed by atoms with Crippen LogP contribution in [0, 0.1) is 0 Å². The number of hydrogen-bond acceptors (Lipinski definition) is 5. The molecule has 0 aliphatic heterocycles. The van der Waals surface area contributed by atoms with Crippen molar-refractivity contribution in [1.29, 1.82) is 0 Å². The maximum Gasteiger partial charge on any atom is 1.00 e. The number of carbonyl (C=O) groups excluding carboxylic acids is 1. The second kappa shape index (κ2) is 10.3. The first-order valence-corrected chi connectivity index (χ1v) is 7.70. The largest absolute Gasteiger partial charge is 1.00 e. The molecule has 0 aliphatic rings. The molecule has 0 saturated carbocycles. The Hall–Kier alpha value is -0.400. The van der Waals surface area contributed by atoms with Gasteiger partial charge in [-0.05, 0) is 25.0 Å². The van der Waals surface area contributed by atoms with E-state index < -0.39 is 10.1 Å². The van der Waals surface area contributed by atoms with Gasteiger partial charge in [-0.25, -0.2) is 8.42 Å². The summed E-state index contributed by atoms with van der Waals surface area (Å²) in [7, 11) is -4.08. The van der Waals surface area contributed by atoms with Crippen LogP contribution in [0.2, 0.25) is 0 Å². The van der Waals surface area contributed by atoms with Gasteiger partial charge in [0.15, 0.2) is 0 Å². The number of carbonyl (C=O) groups is 1. The van der Waals surface area contributed by atoms with E-state index in [0.717, 1.165) is 19.1 Å². The predicted molar refractivity (Wildman–Crippen MR) is 70.4 cm³/mol. The van der Waals surface area contributed by atoms with Crippen molar-refractivity contribution in [3.05, 3.63) is 29.8 Å². The molecular formula is C13H17NaO5S. The van der Waals surface area contributed by atoms with Crippen molar-refractivity contribution in [2.45, 2.75) is 25.7 Å². The van der Waals surface area contributed by atoms with Gasteiger partial charge in [0, 0.05) is 11.3 Å². The Labute approximate surface area is 141 Å². The second-order valence-electron chi connectivity index (χ2n) is 4.21. The van der Waals surface area contributed by atoms with Crippen LogP contribution in [0.15, 0.2) is 24.3 Å². The van der Waals surface area contributed by atoms with E-state index in [1.54, 1.807) is 24.3 Å². The van der Waals surface area contributed by atoms with Crippen LogP contribution in [0.3, 0.4) is 0 Å². The van der Waals surface area contributed by atoms with Crippen LogP contribution in [0.5, 0.6) is 5.75 Å². The minimum absolute atomic E-state index is 0. The first kappa shape index (κ1) is 19.6. The summed E-state index contributed by atoms with van der Waals surface area (Å²) in [6, 6.07) is 6.88. The molecule has 0 atom stereocenters. The van der Waals surface area contributed by atoms with E-state index in [-0.39, 0.29) is 35.3 Å². The number of benzene rings is 1. The fraction of sp³-hybridized carbons (Fsp3) is 0.462. The Balaban J connectivity index is 0.00000361. The van der Waals surface area contributed by atoms with Crippen molar-refractivity contribution in [2.75, 3.05) is 12.4 Å². The van der Waals surface area contributed by atoms with Gasteiger partial charge in [0.2, 0.25) is 0 Å². The Kier molecular flexibility index (Phi) is 10.1. The maximum absolute atomic E-state index is 10.6. The molecule has 20 heavy (non-hydrogen) atoms. The molecule has 1 rings (SSSR count). The van der Waals surface area contributed by atoms with Gasteiger partial charge in [0.1, 0.15) is 12.0 Å². The third-order valence-electron chi connectivity index (χ3n) is 2.55. The van der Waals surface area contributed by atoms with Gasteiger partial charge in [-0.3, -0.25) is 4.79 Å². The van der Waals surface area contributed by atoms with Gasteiger partial charge >= 0.3 is 29.6 Å². The number of hydrogen-bond donors (Lipinski definition) is 0. The topological polar surface area (TPSA) is 83.5 Å². The molecule has 0 aliphatic carbocycles. The van der Waals surface area contributed by atoms with Crippen LogP contribution in [0.1, 0.15) is 36.0 Å². The molecule has 106 valence electrons. The molecule has 0 heterocycles. The fourth-order valence-corrected chi connectivity index (χ4v) is 2.16. The van der Waals surface area contributed by atoms with E-state index in [1.165, 1.54) is 0 Å². The minimum Gasteiger partial charge on any atom is -0.748 e. The van der Waals surface area contributed by atoms with Crippen molar-refractivity contribution in [3.8, 4) is 5.75 Å². The monoisotopic (exact) mass is 308 g/mol. The standard InChI is InChI=1S/C13H18O5S.Na/c14-11-12-6-5-7-13(10-12)18-8-3-1-2-4-9-19(15,16)17;/h5-7,10-11H,1-4,8-9H2,(H,15,16,17);/q;+1/p-1. The van der Waals surface area contributed by atoms with Gasteiger partial charge in [-0.2, -0.15) is 0 Å². The molecule has 0 unspecified atom stereocenters. The van der Waals surface area contributed by atoms with E-state index in [9.17, 15) is 17.8 Å². The third-order valence-corrected chi connectivity index (χ3v) is 3.34. The van der Waals surface area contributed by atoms with Crippen molar-refractivity contribution in [2.24, 2.45) is 0 Å². The Morgan fingerprint density at radius 2 is 1.85 bits per heavy atom. The van der Waals surface area contributed by atoms with Crippen LogP contribution in [0.25, 0.3) is 0 Å². The van der Waals surface area contributed by atoms with Crippen molar-refractivity contribution in [1.82, 2.24) is 0 Å². The maximum atomic E-state index is 10.6. The van der Waals surface area contributed by atoms with Crippen molar-refractivity contribution >= 4 is 16.4 Å². The van der Waals surface area contributed by atoms with Gasteiger partial charge in [-0.15, -0.1) is 0 Å². The van der Waals surface area contributed by atoms with Gasteiger partial charge in [0.05, 0.1) is 16.7 Å². The molecule has 1 aromatic carbocycles. The molecule has 5 nitrogen and oxygen atoms in total. The predicted octanol–water partition coefficient (Wildman–Crippen LogP) is -1.01. The Morgan fingerprint density at radius 1 is 1.15 bits per heavy atom. The average Bonchev–Trinajstić information content (AvgIpc) is 2.36. The van der Waals surface area contributed by atoms with Gasteiger partial charge in [0.25, 0.3) is 0 Å². The quantitative estimate of drug-likeness (QED) is 0.252. The first-order chi connectivity index (χ1) is 9.01. The zero-order valence-corrected chi connectivity index (χ0v) is 14.4. The van der Waals surface area contributed by atoms with E-state index >= 15 is 0 Å². The third kappa shape index (κ3) is 9.50. The summed E-state index contributed by atoms with van der Waals surface area (Å²) in [6.45, 7) is 0.506. The first-order valence-electron chi connectivity index (χ1n) is 6.13. The van der Waals surface area contributed by atoms with Crippen LogP contribution in [-0.2, 0) is 10.1 Å². The summed E-state index contributed by atoms with van der Waals surface area (Å²) < 4.78 is 36.5. The SMILES string of the molecule is O=Cc1cccc(OCCCCCCS(=O)(=O)[O-])c1.[Na+]. The molecule has 7 heteroatoms. The summed E-state index contributed by atoms with van der Waals surface area (Å²) in [5, 5.41) is 0. The van der Waals surface area contributed by atoms with Crippen molar-refractivity contribution < 1.29 is 52.1 Å². The summed E-state index contributed by atoms with van der Waals surface area (Å²) in [5.74, 6) is 0.349. The van der Waals surface area contributed by atoms with Crippen LogP contribution >= 0.6 is 0 Å². The molecule has 0 N–H and O–H groups in total. The molecule has 0 spiro atoms. The molecule has 0 radical (unpaired) electrons. The zero-order chi connectivity index (χ0) is 14.1. The summed E-state index contributed by atoms with van der Waals surface area (Å²) in [6.07, 6.45) is 3.44. The van der Waals surface area contributed by atoms with Gasteiger partial charge < -0.3 is 9.29 Å². The van der Waals surface area contributed by atoms with Crippen molar-refractivity contribution in [3.63, 3.8) is 0 Å². The Morgan fingerprint density at radius 3 is 2.50 bits per heavy atom. The average molecular weight is 308 g/mol. The number of rotatable bonds is 9. The number of unbranched alkanes of at least 4 members (excludes halogenated alkanes) is 3. The molecule has 0 fully saturated rings. The van der Waals surface area contributed by atoms with Crippen LogP contribution in [-0.4, -0.2) is 31.6 Å². The minimum atomic E-state index is -4.08. The summed E-state index contributed by atoms with van der Waals surface area (Å²) in [4.78, 5) is 10.6. The molecular weight excluding hydrogens is 291 g/mol. The van der Waals surface area contributed by atoms with Gasteiger partial charge in [-0.1, -0.05) is 25.0 Å². The molecule has 0 saturated heterocycles. The van der Waals surface area contributed by atoms with E-state index in [1.807, 2.05) is 0 Å². The second-order valence-corrected chi connectivity index (χ2v) is 5.74. The summed E-state index contributed by atoms with van der Waals surface area (Å²) in [5.41, 5.74) is 0.568. The molecule has 0 aromatic heterocycles. The van der Waals surface area contributed by atoms with E-state index in [4.69, 9.17) is 4.74 Å². The number of aldehydes is 1. The normalized spacial score (nSPS) is 10.7. The van der Waals surface area contributed by atoms with E-state index in [0.29, 0.717) is 30.8 Å². The summed E-state index contributed by atoms with van der Waals surface area (Å²) >= 11 is 0. The fourth-order valence-electron chi connectivity index (χ4n) is 1.60.